The molecule has 0 spiro atoms. The van der Waals surface area contributed by atoms with Gasteiger partial charge in [-0.25, -0.2) is 0 Å². The van der Waals surface area contributed by atoms with Crippen molar-refractivity contribution in [1.29, 1.82) is 0 Å². The number of hydrogen-bond acceptors (Lipinski definition) is 1. The monoisotopic (exact) mass is 678 g/mol. The number of anilines is 3. The van der Waals surface area contributed by atoms with E-state index < -0.39 is 0 Å². The number of hydrogen-bond donors (Lipinski definition) is 0. The summed E-state index contributed by atoms with van der Waals surface area (Å²) in [4.78, 5) is 2.44. The molecule has 2 aliphatic rings. The van der Waals surface area contributed by atoms with Gasteiger partial charge in [-0.15, -0.1) is 0 Å². The van der Waals surface area contributed by atoms with E-state index in [0.717, 1.165) is 0 Å². The Kier molecular flexibility index (Phi) is 8.93. The molecule has 0 N–H and O–H groups in total. The average Bonchev–Trinajstić information content (AvgIpc) is 3.51. The Bertz CT molecular complexity index is 2180. The second kappa shape index (κ2) is 14.2. The van der Waals surface area contributed by atoms with E-state index in [-0.39, 0.29) is 0 Å². The molecule has 0 bridgehead atoms. The zero-order valence-corrected chi connectivity index (χ0v) is 30.8. The van der Waals surface area contributed by atoms with Crippen LogP contribution in [0.3, 0.4) is 0 Å². The fourth-order valence-corrected chi connectivity index (χ4v) is 9.23. The first-order chi connectivity index (χ1) is 25.6. The van der Waals surface area contributed by atoms with Gasteiger partial charge in [0.2, 0.25) is 0 Å². The Labute approximate surface area is 309 Å². The van der Waals surface area contributed by atoms with Crippen LogP contribution in [0.1, 0.15) is 98.3 Å². The molecular weight excluding hydrogens is 629 g/mol. The van der Waals surface area contributed by atoms with E-state index in [0.29, 0.717) is 11.8 Å². The minimum Gasteiger partial charge on any atom is -0.311 e. The normalized spacial score (nSPS) is 15.7. The molecule has 2 nitrogen and oxygen atoms in total. The first kappa shape index (κ1) is 32.8. The van der Waals surface area contributed by atoms with Gasteiger partial charge in [0.05, 0.1) is 11.0 Å². The second-order valence-corrected chi connectivity index (χ2v) is 15.7. The molecule has 0 unspecified atom stereocenters. The average molecular weight is 679 g/mol. The topological polar surface area (TPSA) is 8.17 Å². The maximum atomic E-state index is 2.44. The first-order valence-electron chi connectivity index (χ1n) is 19.8. The van der Waals surface area contributed by atoms with Crippen molar-refractivity contribution in [3.05, 3.63) is 156 Å². The van der Waals surface area contributed by atoms with Crippen LogP contribution in [0.5, 0.6) is 0 Å². The standard InChI is InChI=1S/C50H50N2/c1-35-13-31-47-48-32-14-36(2)34-50(48)52(49(47)33-35)46-29-21-42(22-30-46)41-19-27-45(28-20-41)51(43-23-15-39(16-24-43)37-9-5-3-6-10-37)44-25-17-40(18-26-44)38-11-7-4-8-12-38/h13-34,37-38H,3-12H2,1-2H3. The number of rotatable bonds is 7. The van der Waals surface area contributed by atoms with E-state index >= 15 is 0 Å². The number of fused-ring (bicyclic) bond motifs is 3. The van der Waals surface area contributed by atoms with Crippen LogP contribution in [-0.4, -0.2) is 4.57 Å². The van der Waals surface area contributed by atoms with Gasteiger partial charge in [0.25, 0.3) is 0 Å². The second-order valence-electron chi connectivity index (χ2n) is 15.7. The van der Waals surface area contributed by atoms with Crippen LogP contribution < -0.4 is 4.90 Å². The quantitative estimate of drug-likeness (QED) is 0.163. The lowest BCUT2D eigenvalue weighted by molar-refractivity contribution is 0.443. The highest BCUT2D eigenvalue weighted by Gasteiger charge is 2.20. The summed E-state index contributed by atoms with van der Waals surface area (Å²) < 4.78 is 2.43. The molecule has 0 saturated heterocycles. The first-order valence-corrected chi connectivity index (χ1v) is 19.8. The lowest BCUT2D eigenvalue weighted by Crippen LogP contribution is -2.11. The van der Waals surface area contributed by atoms with Crippen molar-refractivity contribution in [2.24, 2.45) is 0 Å². The van der Waals surface area contributed by atoms with Crippen molar-refractivity contribution in [3.63, 3.8) is 0 Å². The molecule has 2 aliphatic carbocycles. The third kappa shape index (κ3) is 6.34. The number of aryl methyl sites for hydroxylation is 2. The maximum Gasteiger partial charge on any atom is 0.0543 e. The Morgan fingerprint density at radius 3 is 1.23 bits per heavy atom. The summed E-state index contributed by atoms with van der Waals surface area (Å²) in [5.41, 5.74) is 15.3. The lowest BCUT2D eigenvalue weighted by atomic mass is 9.84. The summed E-state index contributed by atoms with van der Waals surface area (Å²) in [6, 6.07) is 50.9. The predicted octanol–water partition coefficient (Wildman–Crippen LogP) is 14.6. The van der Waals surface area contributed by atoms with Crippen molar-refractivity contribution in [2.75, 3.05) is 4.90 Å². The van der Waals surface area contributed by atoms with E-state index in [1.54, 1.807) is 0 Å². The molecule has 2 fully saturated rings. The third-order valence-electron chi connectivity index (χ3n) is 12.1. The van der Waals surface area contributed by atoms with E-state index in [9.17, 15) is 0 Å². The van der Waals surface area contributed by atoms with Gasteiger partial charge >= 0.3 is 0 Å². The molecule has 2 saturated carbocycles. The molecule has 6 aromatic carbocycles. The van der Waals surface area contributed by atoms with E-state index in [1.807, 2.05) is 0 Å². The zero-order chi connectivity index (χ0) is 35.0. The van der Waals surface area contributed by atoms with Crippen molar-refractivity contribution >= 4 is 38.9 Å². The molecule has 9 rings (SSSR count). The van der Waals surface area contributed by atoms with Gasteiger partial charge in [0.1, 0.15) is 0 Å². The van der Waals surface area contributed by atoms with E-state index in [4.69, 9.17) is 0 Å². The molecule has 0 amide bonds. The van der Waals surface area contributed by atoms with Gasteiger partial charge in [-0.2, -0.15) is 0 Å². The lowest BCUT2D eigenvalue weighted by Gasteiger charge is -2.28. The van der Waals surface area contributed by atoms with Gasteiger partial charge in [0, 0.05) is 33.5 Å². The summed E-state index contributed by atoms with van der Waals surface area (Å²) in [5.74, 6) is 1.42. The molecule has 2 heteroatoms. The zero-order valence-electron chi connectivity index (χ0n) is 30.8. The summed E-state index contributed by atoms with van der Waals surface area (Å²) in [6.07, 6.45) is 13.5. The molecule has 52 heavy (non-hydrogen) atoms. The number of nitrogens with zero attached hydrogens (tertiary/aromatic N) is 2. The van der Waals surface area contributed by atoms with Crippen LogP contribution in [0.4, 0.5) is 17.1 Å². The van der Waals surface area contributed by atoms with Crippen LogP contribution in [0.2, 0.25) is 0 Å². The third-order valence-corrected chi connectivity index (χ3v) is 12.1. The van der Waals surface area contributed by atoms with Crippen LogP contribution in [0.15, 0.2) is 133 Å². The van der Waals surface area contributed by atoms with Crippen molar-refractivity contribution in [2.45, 2.75) is 89.9 Å². The molecule has 260 valence electrons. The van der Waals surface area contributed by atoms with Crippen molar-refractivity contribution in [3.8, 4) is 16.8 Å². The summed E-state index contributed by atoms with van der Waals surface area (Å²) in [5, 5.41) is 2.61. The molecule has 0 atom stereocenters. The highest BCUT2D eigenvalue weighted by Crippen LogP contribution is 2.40. The van der Waals surface area contributed by atoms with Gasteiger partial charge in [-0.1, -0.05) is 111 Å². The molecule has 0 aliphatic heterocycles. The summed E-state index contributed by atoms with van der Waals surface area (Å²) in [7, 11) is 0. The fraction of sp³-hybridized carbons (Fsp3) is 0.280. The van der Waals surface area contributed by atoms with Gasteiger partial charge < -0.3 is 9.47 Å². The highest BCUT2D eigenvalue weighted by atomic mass is 15.1. The maximum absolute atomic E-state index is 2.44. The van der Waals surface area contributed by atoms with Crippen LogP contribution in [0, 0.1) is 13.8 Å². The molecular formula is C50H50N2. The SMILES string of the molecule is Cc1ccc2c3ccc(C)cc3n(-c3ccc(-c4ccc(N(c5ccc(C6CCCCC6)cc5)c5ccc(C6CCCCC6)cc5)cc4)cc3)c2c1. The van der Waals surface area contributed by atoms with Crippen LogP contribution in [0.25, 0.3) is 38.6 Å². The highest BCUT2D eigenvalue weighted by molar-refractivity contribution is 6.09. The van der Waals surface area contributed by atoms with Crippen LogP contribution in [-0.2, 0) is 0 Å². The summed E-state index contributed by atoms with van der Waals surface area (Å²) >= 11 is 0. The molecule has 1 heterocycles. The van der Waals surface area contributed by atoms with Gasteiger partial charge in [-0.05, 0) is 145 Å². The van der Waals surface area contributed by atoms with Crippen molar-refractivity contribution < 1.29 is 0 Å². The smallest absolute Gasteiger partial charge is 0.0543 e. The van der Waals surface area contributed by atoms with Gasteiger partial charge in [0.15, 0.2) is 0 Å². The number of aromatic nitrogens is 1. The fourth-order valence-electron chi connectivity index (χ4n) is 9.23. The minimum absolute atomic E-state index is 0.708. The predicted molar refractivity (Wildman–Crippen MR) is 222 cm³/mol. The molecule has 7 aromatic rings. The van der Waals surface area contributed by atoms with Crippen molar-refractivity contribution in [1.82, 2.24) is 4.57 Å². The molecule has 1 aromatic heterocycles. The van der Waals surface area contributed by atoms with Crippen LogP contribution >= 0.6 is 0 Å². The number of benzene rings is 6. The Morgan fingerprint density at radius 2 is 0.808 bits per heavy atom. The Balaban J connectivity index is 1.03. The summed E-state index contributed by atoms with van der Waals surface area (Å²) in [6.45, 7) is 4.36. The Hall–Kier alpha value is -5.08. The van der Waals surface area contributed by atoms with Gasteiger partial charge in [-0.3, -0.25) is 0 Å². The Morgan fingerprint density at radius 1 is 0.423 bits per heavy atom. The molecule has 0 radical (unpaired) electrons. The van der Waals surface area contributed by atoms with E-state index in [2.05, 4.69) is 157 Å². The van der Waals surface area contributed by atoms with E-state index in [1.165, 1.54) is 142 Å². The largest absolute Gasteiger partial charge is 0.311 e. The minimum atomic E-state index is 0.708.